The van der Waals surface area contributed by atoms with Crippen LogP contribution in [0.2, 0.25) is 0 Å². The number of aliphatic imine (C=N–C) groups is 1. The molecule has 2 bridgehead atoms. The molecule has 166 valence electrons. The Balaban J connectivity index is 1.22. The molecular formula is C23H30FN5O2. The van der Waals surface area contributed by atoms with Gasteiger partial charge in [-0.25, -0.2) is 4.39 Å². The SMILES string of the molecule is CN=C(NCCCN1C(=O)C2C3C=CC(C3)C2C1=O)NCc1ccc(N(C)C)c(F)c1. The van der Waals surface area contributed by atoms with Crippen molar-refractivity contribution in [3.05, 3.63) is 41.7 Å². The molecule has 1 aromatic carbocycles. The number of benzene rings is 1. The normalized spacial score (nSPS) is 26.6. The molecule has 0 aromatic heterocycles. The fourth-order valence-electron chi connectivity index (χ4n) is 5.06. The Morgan fingerprint density at radius 3 is 2.42 bits per heavy atom. The molecule has 4 unspecified atom stereocenters. The summed E-state index contributed by atoms with van der Waals surface area (Å²) in [6.07, 6.45) is 5.81. The lowest BCUT2D eigenvalue weighted by molar-refractivity contribution is -0.140. The maximum absolute atomic E-state index is 14.1. The van der Waals surface area contributed by atoms with Crippen LogP contribution in [-0.4, -0.2) is 56.9 Å². The number of hydrogen-bond acceptors (Lipinski definition) is 4. The summed E-state index contributed by atoms with van der Waals surface area (Å²) < 4.78 is 14.1. The second-order valence-electron chi connectivity index (χ2n) is 8.71. The number of guanidine groups is 1. The predicted molar refractivity (Wildman–Crippen MR) is 118 cm³/mol. The minimum Gasteiger partial charge on any atom is -0.375 e. The first kappa shape index (κ1) is 21.3. The lowest BCUT2D eigenvalue weighted by Gasteiger charge is -2.18. The standard InChI is InChI=1S/C23H30FN5O2/c1-25-23(27-13-14-5-8-18(28(2)3)17(24)11-14)26-9-4-10-29-21(30)19-15-6-7-16(12-15)20(19)22(29)31/h5-8,11,15-16,19-20H,4,9-10,12-13H2,1-3H3,(H2,25,26,27). The monoisotopic (exact) mass is 427 g/mol. The zero-order chi connectivity index (χ0) is 22.1. The third kappa shape index (κ3) is 4.03. The van der Waals surface area contributed by atoms with Crippen molar-refractivity contribution in [1.29, 1.82) is 0 Å². The Morgan fingerprint density at radius 2 is 1.84 bits per heavy atom. The van der Waals surface area contributed by atoms with Gasteiger partial charge in [0.15, 0.2) is 5.96 Å². The van der Waals surface area contributed by atoms with E-state index >= 15 is 0 Å². The van der Waals surface area contributed by atoms with E-state index in [0.717, 1.165) is 12.0 Å². The number of carbonyl (C=O) groups is 2. The van der Waals surface area contributed by atoms with Crippen molar-refractivity contribution in [1.82, 2.24) is 15.5 Å². The summed E-state index contributed by atoms with van der Waals surface area (Å²) in [7, 11) is 5.28. The van der Waals surface area contributed by atoms with Crippen LogP contribution in [0.5, 0.6) is 0 Å². The van der Waals surface area contributed by atoms with Gasteiger partial charge in [-0.05, 0) is 42.4 Å². The summed E-state index contributed by atoms with van der Waals surface area (Å²) in [6.45, 7) is 1.43. The van der Waals surface area contributed by atoms with E-state index in [1.165, 1.54) is 11.0 Å². The average molecular weight is 428 g/mol. The maximum atomic E-state index is 14.1. The Kier molecular flexibility index (Phi) is 5.98. The summed E-state index contributed by atoms with van der Waals surface area (Å²) in [6, 6.07) is 5.14. The highest BCUT2D eigenvalue weighted by molar-refractivity contribution is 6.06. The van der Waals surface area contributed by atoms with E-state index in [4.69, 9.17) is 0 Å². The smallest absolute Gasteiger partial charge is 0.233 e. The molecule has 1 aliphatic heterocycles. The second kappa shape index (κ2) is 8.69. The van der Waals surface area contributed by atoms with Crippen molar-refractivity contribution in [3.63, 3.8) is 0 Å². The van der Waals surface area contributed by atoms with Gasteiger partial charge in [0.1, 0.15) is 5.82 Å². The molecule has 1 saturated heterocycles. The zero-order valence-corrected chi connectivity index (χ0v) is 18.3. The molecule has 31 heavy (non-hydrogen) atoms. The van der Waals surface area contributed by atoms with Gasteiger partial charge < -0.3 is 15.5 Å². The van der Waals surface area contributed by atoms with E-state index in [1.54, 1.807) is 32.1 Å². The summed E-state index contributed by atoms with van der Waals surface area (Å²) in [5, 5.41) is 6.36. The van der Waals surface area contributed by atoms with Crippen molar-refractivity contribution >= 4 is 23.5 Å². The van der Waals surface area contributed by atoms with Crippen molar-refractivity contribution in [3.8, 4) is 0 Å². The highest BCUT2D eigenvalue weighted by Crippen LogP contribution is 2.52. The van der Waals surface area contributed by atoms with E-state index in [2.05, 4.69) is 27.8 Å². The van der Waals surface area contributed by atoms with Crippen molar-refractivity contribution < 1.29 is 14.0 Å². The van der Waals surface area contributed by atoms with Gasteiger partial charge in [0, 0.05) is 40.8 Å². The molecule has 4 atom stereocenters. The van der Waals surface area contributed by atoms with Crippen LogP contribution in [0.25, 0.3) is 0 Å². The lowest BCUT2D eigenvalue weighted by Crippen LogP contribution is -2.39. The van der Waals surface area contributed by atoms with Gasteiger partial charge in [0.2, 0.25) is 11.8 Å². The zero-order valence-electron chi connectivity index (χ0n) is 18.3. The highest BCUT2D eigenvalue weighted by atomic mass is 19.1. The van der Waals surface area contributed by atoms with Crippen LogP contribution in [-0.2, 0) is 16.1 Å². The summed E-state index contributed by atoms with van der Waals surface area (Å²) in [4.78, 5) is 32.8. The predicted octanol–water partition coefficient (Wildman–Crippen LogP) is 1.75. The number of carbonyl (C=O) groups excluding carboxylic acids is 2. The number of nitrogens with zero attached hydrogens (tertiary/aromatic N) is 3. The number of amides is 2. The first-order valence-electron chi connectivity index (χ1n) is 10.8. The molecule has 3 aliphatic rings. The van der Waals surface area contributed by atoms with Crippen LogP contribution in [0.15, 0.2) is 35.3 Å². The van der Waals surface area contributed by atoms with E-state index in [1.807, 2.05) is 6.07 Å². The number of rotatable bonds is 7. The van der Waals surface area contributed by atoms with Gasteiger partial charge in [-0.15, -0.1) is 0 Å². The van der Waals surface area contributed by atoms with Gasteiger partial charge >= 0.3 is 0 Å². The fourth-order valence-corrected chi connectivity index (χ4v) is 5.06. The molecular weight excluding hydrogens is 397 g/mol. The van der Waals surface area contributed by atoms with Crippen LogP contribution in [0, 0.1) is 29.5 Å². The minimum atomic E-state index is -0.263. The molecule has 8 heteroatoms. The largest absolute Gasteiger partial charge is 0.375 e. The van der Waals surface area contributed by atoms with Crippen LogP contribution in [0.4, 0.5) is 10.1 Å². The van der Waals surface area contributed by atoms with Crippen LogP contribution in [0.3, 0.4) is 0 Å². The van der Waals surface area contributed by atoms with Gasteiger partial charge in [-0.3, -0.25) is 19.5 Å². The number of hydrogen-bond donors (Lipinski definition) is 2. The maximum Gasteiger partial charge on any atom is 0.233 e. The number of likely N-dealkylation sites (tertiary alicyclic amines) is 1. The number of nitrogens with one attached hydrogen (secondary N) is 2. The first-order valence-corrected chi connectivity index (χ1v) is 10.8. The number of halogens is 1. The molecule has 7 nitrogen and oxygen atoms in total. The van der Waals surface area contributed by atoms with Gasteiger partial charge in [0.25, 0.3) is 0 Å². The third-order valence-corrected chi connectivity index (χ3v) is 6.59. The van der Waals surface area contributed by atoms with Crippen LogP contribution < -0.4 is 15.5 Å². The molecule has 2 fully saturated rings. The molecule has 2 N–H and O–H groups in total. The molecule has 1 saturated carbocycles. The number of imide groups is 1. The van der Waals surface area contributed by atoms with Gasteiger partial charge in [0.05, 0.1) is 17.5 Å². The second-order valence-corrected chi connectivity index (χ2v) is 8.71. The molecule has 4 rings (SSSR count). The Labute approximate surface area is 182 Å². The van der Waals surface area contributed by atoms with E-state index in [-0.39, 0.29) is 41.3 Å². The third-order valence-electron chi connectivity index (χ3n) is 6.59. The van der Waals surface area contributed by atoms with Crippen molar-refractivity contribution in [2.24, 2.45) is 28.7 Å². The van der Waals surface area contributed by atoms with E-state index in [9.17, 15) is 14.0 Å². The van der Waals surface area contributed by atoms with Gasteiger partial charge in [-0.2, -0.15) is 0 Å². The van der Waals surface area contributed by atoms with Crippen LogP contribution >= 0.6 is 0 Å². The molecule has 1 heterocycles. The minimum absolute atomic E-state index is 0.00226. The molecule has 2 aliphatic carbocycles. The molecule has 1 aromatic rings. The Morgan fingerprint density at radius 1 is 1.16 bits per heavy atom. The van der Waals surface area contributed by atoms with Crippen LogP contribution in [0.1, 0.15) is 18.4 Å². The highest BCUT2D eigenvalue weighted by Gasteiger charge is 2.58. The van der Waals surface area contributed by atoms with Crippen molar-refractivity contribution in [2.45, 2.75) is 19.4 Å². The first-order chi connectivity index (χ1) is 14.9. The van der Waals surface area contributed by atoms with Gasteiger partial charge in [-0.1, -0.05) is 18.2 Å². The van der Waals surface area contributed by atoms with Crippen molar-refractivity contribution in [2.75, 3.05) is 39.1 Å². The molecule has 0 radical (unpaired) electrons. The summed E-state index contributed by atoms with van der Waals surface area (Å²) in [5.41, 5.74) is 1.36. The Hall–Kier alpha value is -2.90. The summed E-state index contributed by atoms with van der Waals surface area (Å²) in [5.74, 6) is 0.544. The number of fused-ring (bicyclic) bond motifs is 5. The quantitative estimate of drug-likeness (QED) is 0.228. The van der Waals surface area contributed by atoms with E-state index < -0.39 is 0 Å². The number of anilines is 1. The number of allylic oxidation sites excluding steroid dienone is 2. The average Bonchev–Trinajstić information content (AvgIpc) is 3.42. The Bertz CT molecular complexity index is 899. The van der Waals surface area contributed by atoms with E-state index in [0.29, 0.717) is 37.7 Å². The molecule has 0 spiro atoms. The lowest BCUT2D eigenvalue weighted by atomic mass is 9.85. The topological polar surface area (TPSA) is 77.0 Å². The summed E-state index contributed by atoms with van der Waals surface area (Å²) >= 11 is 0. The molecule has 2 amide bonds. The fraction of sp³-hybridized carbons (Fsp3) is 0.522.